The van der Waals surface area contributed by atoms with Crippen molar-refractivity contribution >= 4 is 6.29 Å². The molecule has 0 bridgehead atoms. The number of rotatable bonds is 9. The number of benzene rings is 1. The van der Waals surface area contributed by atoms with E-state index < -0.39 is 5.79 Å². The number of ether oxygens (including phenoxy) is 5. The monoisotopic (exact) mass is 364 g/mol. The maximum atomic E-state index is 10.6. The van der Waals surface area contributed by atoms with Crippen molar-refractivity contribution in [2.24, 2.45) is 0 Å². The molecule has 26 heavy (non-hydrogen) atoms. The van der Waals surface area contributed by atoms with Gasteiger partial charge in [-0.25, -0.2) is 0 Å². The van der Waals surface area contributed by atoms with Crippen LogP contribution in [0.1, 0.15) is 25.8 Å². The van der Waals surface area contributed by atoms with Crippen molar-refractivity contribution in [2.45, 2.75) is 51.0 Å². The number of aldehydes is 1. The molecule has 1 saturated heterocycles. The molecular formula is C20H28O6. The highest BCUT2D eigenvalue weighted by atomic mass is 16.7. The maximum Gasteiger partial charge on any atom is 0.164 e. The van der Waals surface area contributed by atoms with Crippen molar-refractivity contribution in [1.82, 2.24) is 0 Å². The van der Waals surface area contributed by atoms with E-state index in [9.17, 15) is 4.79 Å². The smallest absolute Gasteiger partial charge is 0.164 e. The van der Waals surface area contributed by atoms with Crippen LogP contribution >= 0.6 is 0 Å². The molecule has 1 aliphatic heterocycles. The Morgan fingerprint density at radius 3 is 2.65 bits per heavy atom. The summed E-state index contributed by atoms with van der Waals surface area (Å²) in [7, 11) is 3.26. The minimum absolute atomic E-state index is 0.206. The SMILES string of the molecule is COc1ccccc1COCC[C@H]1OC(C)(C)O[C@@H](/C=C/C=O)[C@H]1OC. The van der Waals surface area contributed by atoms with Crippen molar-refractivity contribution < 1.29 is 28.5 Å². The van der Waals surface area contributed by atoms with Gasteiger partial charge >= 0.3 is 0 Å². The molecule has 0 unspecified atom stereocenters. The zero-order valence-corrected chi connectivity index (χ0v) is 15.8. The second-order valence-electron chi connectivity index (χ2n) is 6.51. The first-order valence-corrected chi connectivity index (χ1v) is 8.70. The average molecular weight is 364 g/mol. The van der Waals surface area contributed by atoms with Crippen LogP contribution in [0.3, 0.4) is 0 Å². The molecule has 2 rings (SSSR count). The van der Waals surface area contributed by atoms with E-state index in [0.717, 1.165) is 17.6 Å². The lowest BCUT2D eigenvalue weighted by molar-refractivity contribution is -0.327. The predicted octanol–water partition coefficient (Wildman–Crippen LogP) is 2.89. The Kier molecular flexibility index (Phi) is 7.78. The Labute approximate surface area is 155 Å². The van der Waals surface area contributed by atoms with E-state index in [1.807, 2.05) is 38.1 Å². The summed E-state index contributed by atoms with van der Waals surface area (Å²) in [5.74, 6) is 0.0463. The highest BCUT2D eigenvalue weighted by Crippen LogP contribution is 2.31. The topological polar surface area (TPSA) is 63.2 Å². The zero-order chi connectivity index (χ0) is 19.0. The van der Waals surface area contributed by atoms with Crippen molar-refractivity contribution in [3.05, 3.63) is 42.0 Å². The van der Waals surface area contributed by atoms with Crippen LogP contribution in [0.2, 0.25) is 0 Å². The molecule has 0 N–H and O–H groups in total. The molecule has 1 aromatic rings. The molecule has 0 aliphatic carbocycles. The summed E-state index contributed by atoms with van der Waals surface area (Å²) in [6.07, 6.45) is 3.63. The summed E-state index contributed by atoms with van der Waals surface area (Å²) in [5.41, 5.74) is 0.998. The van der Waals surface area contributed by atoms with Crippen LogP contribution < -0.4 is 4.74 Å². The molecule has 1 fully saturated rings. The van der Waals surface area contributed by atoms with Crippen LogP contribution in [0.15, 0.2) is 36.4 Å². The first-order chi connectivity index (χ1) is 12.5. The first-order valence-electron chi connectivity index (χ1n) is 8.70. The summed E-state index contributed by atoms with van der Waals surface area (Å²) in [4.78, 5) is 10.6. The number of carbonyl (C=O) groups excluding carboxylic acids is 1. The summed E-state index contributed by atoms with van der Waals surface area (Å²) in [6.45, 7) is 4.66. The van der Waals surface area contributed by atoms with Crippen LogP contribution in [-0.4, -0.2) is 51.2 Å². The summed E-state index contributed by atoms with van der Waals surface area (Å²) in [6, 6.07) is 7.77. The number of carbonyl (C=O) groups is 1. The molecule has 0 radical (unpaired) electrons. The van der Waals surface area contributed by atoms with Gasteiger partial charge in [0, 0.05) is 19.3 Å². The van der Waals surface area contributed by atoms with Crippen LogP contribution in [-0.2, 0) is 30.3 Å². The third kappa shape index (κ3) is 5.64. The molecule has 1 heterocycles. The Morgan fingerprint density at radius 1 is 1.19 bits per heavy atom. The van der Waals surface area contributed by atoms with E-state index in [4.69, 9.17) is 23.7 Å². The summed E-state index contributed by atoms with van der Waals surface area (Å²) in [5, 5.41) is 0. The summed E-state index contributed by atoms with van der Waals surface area (Å²) >= 11 is 0. The van der Waals surface area contributed by atoms with Crippen molar-refractivity contribution in [3.8, 4) is 5.75 Å². The Bertz CT molecular complexity index is 598. The molecule has 1 aromatic carbocycles. The molecule has 0 aromatic heterocycles. The quantitative estimate of drug-likeness (QED) is 0.381. The van der Waals surface area contributed by atoms with Gasteiger partial charge in [-0.2, -0.15) is 0 Å². The molecule has 0 saturated carbocycles. The summed E-state index contributed by atoms with van der Waals surface area (Å²) < 4.78 is 28.6. The number of methoxy groups -OCH3 is 2. The van der Waals surface area contributed by atoms with Crippen molar-refractivity contribution in [2.75, 3.05) is 20.8 Å². The van der Waals surface area contributed by atoms with Crippen LogP contribution in [0.25, 0.3) is 0 Å². The minimum Gasteiger partial charge on any atom is -0.496 e. The Morgan fingerprint density at radius 2 is 1.96 bits per heavy atom. The van der Waals surface area contributed by atoms with Gasteiger partial charge in [-0.15, -0.1) is 0 Å². The Hall–Kier alpha value is -1.73. The second kappa shape index (κ2) is 9.83. The highest BCUT2D eigenvalue weighted by molar-refractivity contribution is 5.64. The van der Waals surface area contributed by atoms with Gasteiger partial charge in [0.15, 0.2) is 5.79 Å². The van der Waals surface area contributed by atoms with E-state index in [1.54, 1.807) is 20.3 Å². The van der Waals surface area contributed by atoms with Crippen LogP contribution in [0, 0.1) is 0 Å². The Balaban J connectivity index is 1.93. The van der Waals surface area contributed by atoms with E-state index in [2.05, 4.69) is 0 Å². The zero-order valence-electron chi connectivity index (χ0n) is 15.8. The molecule has 1 aliphatic rings. The first kappa shape index (κ1) is 20.6. The molecule has 6 nitrogen and oxygen atoms in total. The van der Waals surface area contributed by atoms with Gasteiger partial charge in [-0.3, -0.25) is 4.79 Å². The lowest BCUT2D eigenvalue weighted by atomic mass is 10.0. The molecule has 0 amide bonds. The van der Waals surface area contributed by atoms with Gasteiger partial charge in [0.2, 0.25) is 0 Å². The van der Waals surface area contributed by atoms with E-state index in [-0.39, 0.29) is 18.3 Å². The van der Waals surface area contributed by atoms with Gasteiger partial charge in [-0.05, 0) is 38.5 Å². The lowest BCUT2D eigenvalue weighted by Gasteiger charge is -2.44. The fraction of sp³-hybridized carbons (Fsp3) is 0.550. The normalized spacial score (nSPS) is 25.3. The standard InChI is InChI=1S/C20H28O6/c1-20(2)25-17(10-7-12-21)19(23-4)18(26-20)11-13-24-14-15-8-5-6-9-16(15)22-3/h5-10,12,17-19H,11,13-14H2,1-4H3/b10-7+/t17-,18+,19+/m0/s1. The molecule has 144 valence electrons. The minimum atomic E-state index is -0.764. The second-order valence-corrected chi connectivity index (χ2v) is 6.51. The van der Waals surface area contributed by atoms with E-state index in [1.165, 1.54) is 6.08 Å². The van der Waals surface area contributed by atoms with Gasteiger partial charge < -0.3 is 23.7 Å². The third-order valence-corrected chi connectivity index (χ3v) is 4.19. The number of hydrogen-bond donors (Lipinski definition) is 0. The predicted molar refractivity (Wildman–Crippen MR) is 97.1 cm³/mol. The van der Waals surface area contributed by atoms with Gasteiger partial charge in [0.05, 0.1) is 19.8 Å². The van der Waals surface area contributed by atoms with E-state index >= 15 is 0 Å². The van der Waals surface area contributed by atoms with Gasteiger partial charge in [-0.1, -0.05) is 18.2 Å². The maximum absolute atomic E-state index is 10.6. The van der Waals surface area contributed by atoms with Crippen LogP contribution in [0.5, 0.6) is 5.75 Å². The van der Waals surface area contributed by atoms with Crippen molar-refractivity contribution in [3.63, 3.8) is 0 Å². The van der Waals surface area contributed by atoms with Gasteiger partial charge in [0.1, 0.15) is 24.2 Å². The average Bonchev–Trinajstić information content (AvgIpc) is 2.63. The number of allylic oxidation sites excluding steroid dienone is 1. The molecule has 3 atom stereocenters. The van der Waals surface area contributed by atoms with E-state index in [0.29, 0.717) is 19.6 Å². The van der Waals surface area contributed by atoms with Gasteiger partial charge in [0.25, 0.3) is 0 Å². The lowest BCUT2D eigenvalue weighted by Crippen LogP contribution is -2.54. The fourth-order valence-corrected chi connectivity index (χ4v) is 3.08. The molecule has 0 spiro atoms. The highest BCUT2D eigenvalue weighted by Gasteiger charge is 2.42. The fourth-order valence-electron chi connectivity index (χ4n) is 3.08. The third-order valence-electron chi connectivity index (χ3n) is 4.19. The molecule has 6 heteroatoms. The van der Waals surface area contributed by atoms with Crippen molar-refractivity contribution in [1.29, 1.82) is 0 Å². The largest absolute Gasteiger partial charge is 0.496 e. The number of hydrogen-bond acceptors (Lipinski definition) is 6. The van der Waals surface area contributed by atoms with Crippen LogP contribution in [0.4, 0.5) is 0 Å². The molecular weight excluding hydrogens is 336 g/mol. The number of para-hydroxylation sites is 1.